The Bertz CT molecular complexity index is 1860. The second-order valence-corrected chi connectivity index (χ2v) is 9.45. The molecule has 14 nitrogen and oxygen atoms in total. The van der Waals surface area contributed by atoms with E-state index in [1.165, 1.54) is 29.2 Å². The standard InChI is InChI=1S/C16H13F2N7.C13H17N7/c1-9-14(22-16-21-7-10(6-19)15(20-2)23-16)8-25(24-9)13-4-11(17)3-12(18)5-13;1-4-5-20-9(2)11(8-17-20)18-13-16-7-10(6-14)12(15-3)19-13/h3-5,7-8H,1-2H3,(H2,20,21,22,23);7-8H,4-5H2,1-3H3,(H2,15,16,18,19). The molecule has 0 bridgehead atoms. The highest BCUT2D eigenvalue weighted by Crippen LogP contribution is 2.23. The van der Waals surface area contributed by atoms with Gasteiger partial charge < -0.3 is 21.3 Å². The molecule has 5 aromatic rings. The summed E-state index contributed by atoms with van der Waals surface area (Å²) in [6, 6.07) is 7.17. The van der Waals surface area contributed by atoms with Crippen LogP contribution in [0.15, 0.2) is 43.0 Å². The van der Waals surface area contributed by atoms with Crippen molar-refractivity contribution in [3.8, 4) is 17.8 Å². The minimum absolute atomic E-state index is 0.255. The summed E-state index contributed by atoms with van der Waals surface area (Å²) in [5.41, 5.74) is 4.04. The predicted octanol–water partition coefficient (Wildman–Crippen LogP) is 4.95. The lowest BCUT2D eigenvalue weighted by Crippen LogP contribution is -2.04. The van der Waals surface area contributed by atoms with Crippen LogP contribution < -0.4 is 21.3 Å². The molecule has 0 amide bonds. The van der Waals surface area contributed by atoms with Gasteiger partial charge in [0.1, 0.15) is 46.5 Å². The molecular formula is C29H30F2N14. The Labute approximate surface area is 257 Å². The van der Waals surface area contributed by atoms with Gasteiger partial charge in [-0.2, -0.15) is 30.7 Å². The molecule has 0 saturated heterocycles. The van der Waals surface area contributed by atoms with Gasteiger partial charge in [0.05, 0.1) is 53.2 Å². The van der Waals surface area contributed by atoms with Crippen molar-refractivity contribution >= 4 is 34.9 Å². The van der Waals surface area contributed by atoms with Gasteiger partial charge in [-0.15, -0.1) is 0 Å². The van der Waals surface area contributed by atoms with E-state index in [0.29, 0.717) is 40.1 Å². The van der Waals surface area contributed by atoms with Crippen molar-refractivity contribution in [1.82, 2.24) is 39.5 Å². The number of hydrogen-bond donors (Lipinski definition) is 4. The number of nitriles is 2. The van der Waals surface area contributed by atoms with Crippen molar-refractivity contribution in [2.24, 2.45) is 0 Å². The number of aromatic nitrogens is 8. The molecular weight excluding hydrogens is 582 g/mol. The fourth-order valence-electron chi connectivity index (χ4n) is 4.06. The molecule has 4 aromatic heterocycles. The Kier molecular flexibility index (Phi) is 10.1. The number of benzene rings is 1. The highest BCUT2D eigenvalue weighted by atomic mass is 19.1. The average molecular weight is 613 g/mol. The SMILES string of the molecule is CCCn1ncc(Nc2ncc(C#N)c(NC)n2)c1C.CNc1nc(Nc2cn(-c3cc(F)cc(F)c3)nc2C)ncc1C#N. The quantitative estimate of drug-likeness (QED) is 0.176. The number of nitrogens with zero attached hydrogens (tertiary/aromatic N) is 10. The number of aryl methyl sites for hydroxylation is 2. The molecule has 16 heteroatoms. The van der Waals surface area contributed by atoms with Gasteiger partial charge in [-0.05, 0) is 32.4 Å². The van der Waals surface area contributed by atoms with Crippen molar-refractivity contribution in [3.05, 3.63) is 77.1 Å². The van der Waals surface area contributed by atoms with E-state index in [1.54, 1.807) is 33.4 Å². The third-order valence-electron chi connectivity index (χ3n) is 6.33. The summed E-state index contributed by atoms with van der Waals surface area (Å²) in [6.45, 7) is 6.71. The van der Waals surface area contributed by atoms with Gasteiger partial charge in [-0.3, -0.25) is 4.68 Å². The molecule has 0 saturated carbocycles. The molecule has 0 aliphatic carbocycles. The highest BCUT2D eigenvalue weighted by Gasteiger charge is 2.12. The predicted molar refractivity (Wildman–Crippen MR) is 165 cm³/mol. The monoisotopic (exact) mass is 612 g/mol. The minimum Gasteiger partial charge on any atom is -0.372 e. The third kappa shape index (κ3) is 7.63. The van der Waals surface area contributed by atoms with E-state index in [4.69, 9.17) is 10.5 Å². The van der Waals surface area contributed by atoms with Crippen molar-refractivity contribution in [1.29, 1.82) is 10.5 Å². The van der Waals surface area contributed by atoms with E-state index in [-0.39, 0.29) is 11.6 Å². The zero-order chi connectivity index (χ0) is 32.5. The van der Waals surface area contributed by atoms with Crippen LogP contribution in [0.2, 0.25) is 0 Å². The molecule has 5 rings (SSSR count). The first-order chi connectivity index (χ1) is 21.7. The first kappa shape index (κ1) is 31.8. The number of rotatable bonds is 9. The van der Waals surface area contributed by atoms with Crippen LogP contribution in [0.25, 0.3) is 5.69 Å². The summed E-state index contributed by atoms with van der Waals surface area (Å²) in [4.78, 5) is 16.6. The van der Waals surface area contributed by atoms with Crippen LogP contribution in [0, 0.1) is 48.1 Å². The van der Waals surface area contributed by atoms with Crippen LogP contribution in [0.5, 0.6) is 0 Å². The van der Waals surface area contributed by atoms with Crippen LogP contribution in [0.1, 0.15) is 35.9 Å². The molecule has 4 N–H and O–H groups in total. The molecule has 45 heavy (non-hydrogen) atoms. The van der Waals surface area contributed by atoms with Crippen molar-refractivity contribution in [3.63, 3.8) is 0 Å². The van der Waals surface area contributed by atoms with E-state index in [2.05, 4.69) is 58.3 Å². The molecule has 0 aliphatic rings. The second kappa shape index (κ2) is 14.3. The molecule has 0 unspecified atom stereocenters. The van der Waals surface area contributed by atoms with Crippen LogP contribution in [-0.2, 0) is 6.54 Å². The first-order valence-corrected chi connectivity index (χ1v) is 13.7. The van der Waals surface area contributed by atoms with Gasteiger partial charge in [0.25, 0.3) is 0 Å². The van der Waals surface area contributed by atoms with E-state index in [9.17, 15) is 8.78 Å². The van der Waals surface area contributed by atoms with E-state index in [1.807, 2.05) is 23.7 Å². The molecule has 0 atom stereocenters. The third-order valence-corrected chi connectivity index (χ3v) is 6.33. The molecule has 0 fully saturated rings. The number of nitrogens with one attached hydrogen (secondary N) is 4. The Morgan fingerprint density at radius 2 is 1.38 bits per heavy atom. The maximum Gasteiger partial charge on any atom is 0.229 e. The van der Waals surface area contributed by atoms with Crippen LogP contribution in [-0.4, -0.2) is 53.6 Å². The Balaban J connectivity index is 0.000000210. The zero-order valence-corrected chi connectivity index (χ0v) is 25.2. The summed E-state index contributed by atoms with van der Waals surface area (Å²) in [6.07, 6.45) is 7.24. The van der Waals surface area contributed by atoms with Gasteiger partial charge in [-0.25, -0.2) is 23.4 Å². The van der Waals surface area contributed by atoms with Gasteiger partial charge >= 0.3 is 0 Å². The normalized spacial score (nSPS) is 10.2. The Morgan fingerprint density at radius 1 is 0.822 bits per heavy atom. The van der Waals surface area contributed by atoms with E-state index >= 15 is 0 Å². The maximum absolute atomic E-state index is 13.4. The van der Waals surface area contributed by atoms with E-state index in [0.717, 1.165) is 30.4 Å². The lowest BCUT2D eigenvalue weighted by molar-refractivity contribution is 0.580. The fraction of sp³-hybridized carbons (Fsp3) is 0.241. The van der Waals surface area contributed by atoms with Crippen molar-refractivity contribution in [2.75, 3.05) is 35.4 Å². The summed E-state index contributed by atoms with van der Waals surface area (Å²) in [7, 11) is 3.37. The summed E-state index contributed by atoms with van der Waals surface area (Å²) < 4.78 is 30.0. The van der Waals surface area contributed by atoms with Crippen LogP contribution in [0.4, 0.5) is 43.7 Å². The van der Waals surface area contributed by atoms with Crippen molar-refractivity contribution in [2.45, 2.75) is 33.7 Å². The lowest BCUT2D eigenvalue weighted by Gasteiger charge is -2.07. The Morgan fingerprint density at radius 3 is 1.89 bits per heavy atom. The average Bonchev–Trinajstić information content (AvgIpc) is 3.57. The highest BCUT2D eigenvalue weighted by molar-refractivity contribution is 5.61. The second-order valence-electron chi connectivity index (χ2n) is 9.45. The maximum atomic E-state index is 13.4. The summed E-state index contributed by atoms with van der Waals surface area (Å²) >= 11 is 0. The molecule has 230 valence electrons. The largest absolute Gasteiger partial charge is 0.372 e. The fourth-order valence-corrected chi connectivity index (χ4v) is 4.06. The molecule has 0 spiro atoms. The van der Waals surface area contributed by atoms with Gasteiger partial charge in [0.2, 0.25) is 11.9 Å². The summed E-state index contributed by atoms with van der Waals surface area (Å²) in [5.74, 6) is 0.211. The molecule has 0 aliphatic heterocycles. The topological polar surface area (TPSA) is 183 Å². The van der Waals surface area contributed by atoms with Gasteiger partial charge in [0, 0.05) is 26.7 Å². The minimum atomic E-state index is -0.688. The van der Waals surface area contributed by atoms with E-state index < -0.39 is 11.6 Å². The molecule has 1 aromatic carbocycles. The summed E-state index contributed by atoms with van der Waals surface area (Å²) in [5, 5.41) is 38.2. The van der Waals surface area contributed by atoms with Gasteiger partial charge in [-0.1, -0.05) is 6.92 Å². The Hall–Kier alpha value is -6.16. The van der Waals surface area contributed by atoms with Crippen LogP contribution >= 0.6 is 0 Å². The first-order valence-electron chi connectivity index (χ1n) is 13.7. The van der Waals surface area contributed by atoms with Gasteiger partial charge in [0.15, 0.2) is 0 Å². The van der Waals surface area contributed by atoms with Crippen LogP contribution in [0.3, 0.4) is 0 Å². The number of halogens is 2. The number of anilines is 6. The van der Waals surface area contributed by atoms with Crippen molar-refractivity contribution < 1.29 is 8.78 Å². The number of hydrogen-bond acceptors (Lipinski definition) is 12. The lowest BCUT2D eigenvalue weighted by atomic mass is 10.3. The zero-order valence-electron chi connectivity index (χ0n) is 25.2. The smallest absolute Gasteiger partial charge is 0.229 e. The molecule has 4 heterocycles. The molecule has 0 radical (unpaired) electrons.